The standard InChI is InChI=1S/C8H12N2O3/c1-5(2)7(11)13-6-3-9-8(12)10-4-6/h6H,1,3-4H2,2H3,(H2,9,10,12). The first-order chi connectivity index (χ1) is 6.09. The highest BCUT2D eigenvalue weighted by Crippen LogP contribution is 1.99. The summed E-state index contributed by atoms with van der Waals surface area (Å²) in [6.45, 7) is 5.74. The van der Waals surface area contributed by atoms with Crippen LogP contribution in [0.25, 0.3) is 0 Å². The zero-order valence-electron chi connectivity index (χ0n) is 7.42. The average Bonchev–Trinajstić information content (AvgIpc) is 2.08. The van der Waals surface area contributed by atoms with Crippen LogP contribution in [0.3, 0.4) is 0 Å². The summed E-state index contributed by atoms with van der Waals surface area (Å²) in [5, 5.41) is 5.04. The van der Waals surface area contributed by atoms with Crippen molar-refractivity contribution < 1.29 is 14.3 Å². The lowest BCUT2D eigenvalue weighted by Crippen LogP contribution is -2.52. The summed E-state index contributed by atoms with van der Waals surface area (Å²) in [4.78, 5) is 21.7. The van der Waals surface area contributed by atoms with Crippen LogP contribution in [0.5, 0.6) is 0 Å². The number of rotatable bonds is 2. The number of nitrogens with one attached hydrogen (secondary N) is 2. The summed E-state index contributed by atoms with van der Waals surface area (Å²) in [5.74, 6) is -0.428. The maximum atomic E-state index is 11.0. The summed E-state index contributed by atoms with van der Waals surface area (Å²) >= 11 is 0. The van der Waals surface area contributed by atoms with Crippen molar-refractivity contribution in [3.05, 3.63) is 12.2 Å². The minimum absolute atomic E-state index is 0.234. The molecule has 1 heterocycles. The Balaban J connectivity index is 2.34. The second-order valence-corrected chi connectivity index (χ2v) is 2.90. The second kappa shape index (κ2) is 3.93. The highest BCUT2D eigenvalue weighted by Gasteiger charge is 2.20. The van der Waals surface area contributed by atoms with Gasteiger partial charge >= 0.3 is 12.0 Å². The highest BCUT2D eigenvalue weighted by molar-refractivity contribution is 5.87. The van der Waals surface area contributed by atoms with Crippen LogP contribution >= 0.6 is 0 Å². The van der Waals surface area contributed by atoms with Gasteiger partial charge in [-0.25, -0.2) is 9.59 Å². The van der Waals surface area contributed by atoms with E-state index in [2.05, 4.69) is 17.2 Å². The largest absolute Gasteiger partial charge is 0.455 e. The van der Waals surface area contributed by atoms with Gasteiger partial charge in [-0.15, -0.1) is 0 Å². The van der Waals surface area contributed by atoms with Crippen LogP contribution in [0.2, 0.25) is 0 Å². The van der Waals surface area contributed by atoms with Gasteiger partial charge in [0.2, 0.25) is 0 Å². The third-order valence-electron chi connectivity index (χ3n) is 1.60. The number of ether oxygens (including phenoxy) is 1. The van der Waals surface area contributed by atoms with Crippen molar-refractivity contribution in [1.29, 1.82) is 0 Å². The molecular formula is C8H12N2O3. The fourth-order valence-electron chi connectivity index (χ4n) is 0.883. The lowest BCUT2D eigenvalue weighted by atomic mass is 10.3. The monoisotopic (exact) mass is 184 g/mol. The molecule has 0 aliphatic carbocycles. The molecule has 0 aromatic carbocycles. The van der Waals surface area contributed by atoms with Crippen LogP contribution in [0.1, 0.15) is 6.92 Å². The van der Waals surface area contributed by atoms with E-state index < -0.39 is 5.97 Å². The average molecular weight is 184 g/mol. The Bertz CT molecular complexity index is 240. The molecule has 0 unspecified atom stereocenters. The van der Waals surface area contributed by atoms with Gasteiger partial charge in [-0.2, -0.15) is 0 Å². The van der Waals surface area contributed by atoms with Crippen molar-refractivity contribution in [3.63, 3.8) is 0 Å². The minimum atomic E-state index is -0.428. The van der Waals surface area contributed by atoms with Crippen LogP contribution in [0.15, 0.2) is 12.2 Å². The Morgan fingerprint density at radius 1 is 1.54 bits per heavy atom. The number of amides is 2. The quantitative estimate of drug-likeness (QED) is 0.461. The molecule has 0 spiro atoms. The summed E-state index contributed by atoms with van der Waals surface area (Å²) in [7, 11) is 0. The lowest BCUT2D eigenvalue weighted by Gasteiger charge is -2.23. The number of hydrogen-bond acceptors (Lipinski definition) is 3. The molecule has 0 aromatic rings. The molecule has 72 valence electrons. The Morgan fingerprint density at radius 2 is 2.08 bits per heavy atom. The minimum Gasteiger partial charge on any atom is -0.455 e. The van der Waals surface area contributed by atoms with Crippen molar-refractivity contribution >= 4 is 12.0 Å². The molecule has 0 bridgehead atoms. The van der Waals surface area contributed by atoms with Gasteiger partial charge in [0.1, 0.15) is 6.10 Å². The smallest absolute Gasteiger partial charge is 0.333 e. The van der Waals surface area contributed by atoms with Crippen LogP contribution in [-0.2, 0) is 9.53 Å². The molecular weight excluding hydrogens is 172 g/mol. The highest BCUT2D eigenvalue weighted by atomic mass is 16.5. The first kappa shape index (κ1) is 9.57. The molecule has 0 aromatic heterocycles. The molecule has 1 rings (SSSR count). The van der Waals surface area contributed by atoms with Crippen LogP contribution in [0, 0.1) is 0 Å². The Hall–Kier alpha value is -1.52. The van der Waals surface area contributed by atoms with E-state index in [1.807, 2.05) is 0 Å². The SMILES string of the molecule is C=C(C)C(=O)OC1CNC(=O)NC1. The summed E-state index contributed by atoms with van der Waals surface area (Å²) in [6.07, 6.45) is -0.304. The van der Waals surface area contributed by atoms with Crippen molar-refractivity contribution in [2.45, 2.75) is 13.0 Å². The van der Waals surface area contributed by atoms with Crippen LogP contribution in [-0.4, -0.2) is 31.2 Å². The second-order valence-electron chi connectivity index (χ2n) is 2.90. The molecule has 5 nitrogen and oxygen atoms in total. The van der Waals surface area contributed by atoms with Gasteiger partial charge in [0.25, 0.3) is 0 Å². The molecule has 1 saturated heterocycles. The number of hydrogen-bond donors (Lipinski definition) is 2. The van der Waals surface area contributed by atoms with Crippen molar-refractivity contribution in [2.75, 3.05) is 13.1 Å². The van der Waals surface area contributed by atoms with Gasteiger partial charge in [0.05, 0.1) is 13.1 Å². The summed E-state index contributed by atoms with van der Waals surface area (Å²) in [5.41, 5.74) is 0.358. The predicted molar refractivity (Wildman–Crippen MR) is 46.1 cm³/mol. The number of urea groups is 1. The maximum Gasteiger partial charge on any atom is 0.333 e. The maximum absolute atomic E-state index is 11.0. The summed E-state index contributed by atoms with van der Waals surface area (Å²) < 4.78 is 4.99. The number of esters is 1. The van der Waals surface area contributed by atoms with E-state index in [-0.39, 0.29) is 12.1 Å². The van der Waals surface area contributed by atoms with E-state index in [4.69, 9.17) is 4.74 Å². The van der Waals surface area contributed by atoms with Gasteiger partial charge in [-0.05, 0) is 6.92 Å². The van der Waals surface area contributed by atoms with Gasteiger partial charge in [-0.3, -0.25) is 0 Å². The molecule has 13 heavy (non-hydrogen) atoms. The molecule has 1 fully saturated rings. The van der Waals surface area contributed by atoms with Gasteiger partial charge < -0.3 is 15.4 Å². The van der Waals surface area contributed by atoms with E-state index in [1.54, 1.807) is 6.92 Å². The summed E-state index contributed by atoms with van der Waals surface area (Å²) in [6, 6.07) is -0.234. The molecule has 2 N–H and O–H groups in total. The van der Waals surface area contributed by atoms with Crippen LogP contribution < -0.4 is 10.6 Å². The Labute approximate surface area is 76.1 Å². The zero-order chi connectivity index (χ0) is 9.84. The molecule has 0 radical (unpaired) electrons. The third-order valence-corrected chi connectivity index (χ3v) is 1.60. The van der Waals surface area contributed by atoms with E-state index in [0.29, 0.717) is 18.7 Å². The molecule has 2 amide bonds. The van der Waals surface area contributed by atoms with E-state index >= 15 is 0 Å². The molecule has 0 saturated carbocycles. The van der Waals surface area contributed by atoms with Gasteiger partial charge in [0, 0.05) is 5.57 Å². The Kier molecular flexibility index (Phi) is 2.89. The van der Waals surface area contributed by atoms with Crippen molar-refractivity contribution in [1.82, 2.24) is 10.6 Å². The predicted octanol–water partition coefficient (Wildman–Crippen LogP) is -0.213. The molecule has 1 aliphatic heterocycles. The first-order valence-electron chi connectivity index (χ1n) is 3.98. The topological polar surface area (TPSA) is 67.4 Å². The number of carbonyl (C=O) groups excluding carboxylic acids is 2. The van der Waals surface area contributed by atoms with Gasteiger partial charge in [-0.1, -0.05) is 6.58 Å². The molecule has 0 atom stereocenters. The zero-order valence-corrected chi connectivity index (χ0v) is 7.42. The van der Waals surface area contributed by atoms with E-state index in [0.717, 1.165) is 0 Å². The normalized spacial score (nSPS) is 17.2. The van der Waals surface area contributed by atoms with E-state index in [1.165, 1.54) is 0 Å². The van der Waals surface area contributed by atoms with Crippen molar-refractivity contribution in [3.8, 4) is 0 Å². The number of carbonyl (C=O) groups is 2. The fourth-order valence-corrected chi connectivity index (χ4v) is 0.883. The van der Waals surface area contributed by atoms with Crippen LogP contribution in [0.4, 0.5) is 4.79 Å². The fraction of sp³-hybridized carbons (Fsp3) is 0.500. The Morgan fingerprint density at radius 3 is 2.54 bits per heavy atom. The van der Waals surface area contributed by atoms with Gasteiger partial charge in [0.15, 0.2) is 0 Å². The first-order valence-corrected chi connectivity index (χ1v) is 3.98. The lowest BCUT2D eigenvalue weighted by molar-refractivity contribution is -0.144. The van der Waals surface area contributed by atoms with E-state index in [9.17, 15) is 9.59 Å². The molecule has 5 heteroatoms. The third kappa shape index (κ3) is 2.77. The van der Waals surface area contributed by atoms with Crippen molar-refractivity contribution in [2.24, 2.45) is 0 Å². The molecule has 1 aliphatic rings.